The lowest BCUT2D eigenvalue weighted by Gasteiger charge is -2.37. The first-order valence-electron chi connectivity index (χ1n) is 7.66. The summed E-state index contributed by atoms with van der Waals surface area (Å²) in [5.74, 6) is 0.874. The number of likely N-dealkylation sites (N-methyl/N-ethyl adjacent to an activating group) is 1. The van der Waals surface area contributed by atoms with Crippen molar-refractivity contribution in [2.45, 2.75) is 12.2 Å². The molecule has 3 rings (SSSR count). The number of aliphatic hydroxyl groups excluding tert-OH is 1. The lowest BCUT2D eigenvalue weighted by Crippen LogP contribution is -2.42. The van der Waals surface area contributed by atoms with E-state index in [1.807, 2.05) is 49.5 Å². The fraction of sp³-hybridized carbons (Fsp3) is 0.333. The summed E-state index contributed by atoms with van der Waals surface area (Å²) < 4.78 is 6.15. The number of para-hydroxylation sites is 2. The van der Waals surface area contributed by atoms with Gasteiger partial charge in [0.1, 0.15) is 11.9 Å². The van der Waals surface area contributed by atoms with Crippen LogP contribution in [0.3, 0.4) is 0 Å². The van der Waals surface area contributed by atoms with Crippen LogP contribution in [0, 0.1) is 0 Å². The molecule has 0 spiro atoms. The zero-order valence-electron chi connectivity index (χ0n) is 12.8. The molecular weight excluding hydrogens is 276 g/mol. The van der Waals surface area contributed by atoms with Crippen LogP contribution in [-0.4, -0.2) is 37.9 Å². The van der Waals surface area contributed by atoms with E-state index < -0.39 is 6.10 Å². The number of nitrogens with one attached hydrogen (secondary N) is 1. The predicted octanol–water partition coefficient (Wildman–Crippen LogP) is 2.21. The Labute approximate surface area is 131 Å². The number of anilines is 1. The van der Waals surface area contributed by atoms with Crippen molar-refractivity contribution in [1.29, 1.82) is 0 Å². The monoisotopic (exact) mass is 298 g/mol. The molecule has 1 aliphatic heterocycles. The fourth-order valence-electron chi connectivity index (χ4n) is 2.88. The minimum atomic E-state index is -0.410. The quantitative estimate of drug-likeness (QED) is 0.888. The van der Waals surface area contributed by atoms with Crippen LogP contribution in [0.1, 0.15) is 11.7 Å². The van der Waals surface area contributed by atoms with Crippen molar-refractivity contribution in [2.75, 3.05) is 31.6 Å². The van der Waals surface area contributed by atoms with Crippen molar-refractivity contribution in [1.82, 2.24) is 5.32 Å². The highest BCUT2D eigenvalue weighted by atomic mass is 16.5. The smallest absolute Gasteiger partial charge is 0.143 e. The zero-order chi connectivity index (χ0) is 15.4. The van der Waals surface area contributed by atoms with E-state index in [4.69, 9.17) is 4.74 Å². The van der Waals surface area contributed by atoms with Gasteiger partial charge in [-0.25, -0.2) is 0 Å². The summed E-state index contributed by atoms with van der Waals surface area (Å²) in [6.45, 7) is 1.90. The van der Waals surface area contributed by atoms with Crippen molar-refractivity contribution in [3.05, 3.63) is 60.2 Å². The predicted molar refractivity (Wildman–Crippen MR) is 88.4 cm³/mol. The SMILES string of the molecule is CNCC(O)CN1CC(c2ccccc2)Oc2ccccc21. The third kappa shape index (κ3) is 3.24. The standard InChI is InChI=1S/C18H22N2O2/c1-19-11-15(21)12-20-13-18(14-7-3-2-4-8-14)22-17-10-6-5-9-16(17)20/h2-10,15,18-19,21H,11-13H2,1H3. The van der Waals surface area contributed by atoms with Crippen LogP contribution in [0.25, 0.3) is 0 Å². The summed E-state index contributed by atoms with van der Waals surface area (Å²) >= 11 is 0. The number of fused-ring (bicyclic) bond motifs is 1. The van der Waals surface area contributed by atoms with Gasteiger partial charge in [0.05, 0.1) is 18.3 Å². The Morgan fingerprint density at radius 3 is 2.68 bits per heavy atom. The number of hydrogen-bond acceptors (Lipinski definition) is 4. The molecule has 1 aliphatic rings. The summed E-state index contributed by atoms with van der Waals surface area (Å²) in [7, 11) is 1.85. The highest BCUT2D eigenvalue weighted by molar-refractivity contribution is 5.60. The molecule has 0 fully saturated rings. The number of rotatable bonds is 5. The summed E-state index contributed by atoms with van der Waals surface area (Å²) in [5, 5.41) is 13.2. The van der Waals surface area contributed by atoms with Gasteiger partial charge in [0.15, 0.2) is 0 Å². The van der Waals surface area contributed by atoms with Crippen LogP contribution in [0.15, 0.2) is 54.6 Å². The molecule has 0 radical (unpaired) electrons. The maximum absolute atomic E-state index is 10.1. The Hall–Kier alpha value is -2.04. The van der Waals surface area contributed by atoms with Crippen LogP contribution in [0.4, 0.5) is 5.69 Å². The summed E-state index contributed by atoms with van der Waals surface area (Å²) in [6, 6.07) is 18.2. The Morgan fingerprint density at radius 1 is 1.18 bits per heavy atom. The molecule has 1 heterocycles. The van der Waals surface area contributed by atoms with E-state index in [1.165, 1.54) is 0 Å². The van der Waals surface area contributed by atoms with Crippen molar-refractivity contribution in [3.8, 4) is 5.75 Å². The second-order valence-electron chi connectivity index (χ2n) is 5.60. The molecule has 2 N–H and O–H groups in total. The zero-order valence-corrected chi connectivity index (χ0v) is 12.8. The van der Waals surface area contributed by atoms with E-state index in [9.17, 15) is 5.11 Å². The molecule has 2 unspecified atom stereocenters. The van der Waals surface area contributed by atoms with E-state index in [1.54, 1.807) is 0 Å². The average Bonchev–Trinajstić information content (AvgIpc) is 2.56. The third-order valence-corrected chi connectivity index (χ3v) is 3.90. The van der Waals surface area contributed by atoms with Crippen molar-refractivity contribution in [2.24, 2.45) is 0 Å². The summed E-state index contributed by atoms with van der Waals surface area (Å²) in [4.78, 5) is 2.21. The summed E-state index contributed by atoms with van der Waals surface area (Å²) in [6.07, 6.45) is -0.425. The van der Waals surface area contributed by atoms with E-state index >= 15 is 0 Å². The maximum atomic E-state index is 10.1. The third-order valence-electron chi connectivity index (χ3n) is 3.90. The molecule has 2 atom stereocenters. The molecule has 0 bridgehead atoms. The average molecular weight is 298 g/mol. The molecule has 0 saturated heterocycles. The largest absolute Gasteiger partial charge is 0.482 e. The Morgan fingerprint density at radius 2 is 1.91 bits per heavy atom. The van der Waals surface area contributed by atoms with Crippen LogP contribution < -0.4 is 15.0 Å². The van der Waals surface area contributed by atoms with Crippen molar-refractivity contribution >= 4 is 5.69 Å². The number of nitrogens with zero attached hydrogens (tertiary/aromatic N) is 1. The van der Waals surface area contributed by atoms with Crippen LogP contribution in [0.2, 0.25) is 0 Å². The fourth-order valence-corrected chi connectivity index (χ4v) is 2.88. The minimum absolute atomic E-state index is 0.0158. The Balaban J connectivity index is 1.85. The molecule has 2 aromatic carbocycles. The number of benzene rings is 2. The van der Waals surface area contributed by atoms with E-state index in [0.29, 0.717) is 13.1 Å². The van der Waals surface area contributed by atoms with Crippen molar-refractivity contribution in [3.63, 3.8) is 0 Å². The van der Waals surface area contributed by atoms with Crippen LogP contribution in [-0.2, 0) is 0 Å². The number of ether oxygens (including phenoxy) is 1. The first kappa shape index (κ1) is 14.9. The second-order valence-corrected chi connectivity index (χ2v) is 5.60. The lowest BCUT2D eigenvalue weighted by molar-refractivity contribution is 0.160. The molecule has 116 valence electrons. The van der Waals surface area contributed by atoms with Gasteiger partial charge in [-0.1, -0.05) is 42.5 Å². The first-order valence-corrected chi connectivity index (χ1v) is 7.66. The van der Waals surface area contributed by atoms with E-state index in [2.05, 4.69) is 22.3 Å². The highest BCUT2D eigenvalue weighted by Gasteiger charge is 2.27. The number of aliphatic hydroxyl groups is 1. The van der Waals surface area contributed by atoms with Gasteiger partial charge in [-0.15, -0.1) is 0 Å². The molecule has 0 aliphatic carbocycles. The van der Waals surface area contributed by atoms with Gasteiger partial charge >= 0.3 is 0 Å². The molecule has 0 aromatic heterocycles. The molecule has 0 amide bonds. The van der Waals surface area contributed by atoms with Gasteiger partial charge in [-0.2, -0.15) is 0 Å². The lowest BCUT2D eigenvalue weighted by atomic mass is 10.1. The second kappa shape index (κ2) is 6.81. The minimum Gasteiger partial charge on any atom is -0.482 e. The Kier molecular flexibility index (Phi) is 4.61. The molecule has 4 heteroatoms. The van der Waals surface area contributed by atoms with Gasteiger partial charge in [0, 0.05) is 13.1 Å². The van der Waals surface area contributed by atoms with Crippen LogP contribution >= 0.6 is 0 Å². The first-order chi connectivity index (χ1) is 10.8. The van der Waals surface area contributed by atoms with E-state index in [-0.39, 0.29) is 6.10 Å². The van der Waals surface area contributed by atoms with Gasteiger partial charge < -0.3 is 20.1 Å². The molecule has 4 nitrogen and oxygen atoms in total. The normalized spacial score (nSPS) is 18.5. The number of β-amino-alcohol motifs (C(OH)–C–C–N with tert-alkyl or cyclic N) is 1. The topological polar surface area (TPSA) is 44.7 Å². The molecule has 0 saturated carbocycles. The van der Waals surface area contributed by atoms with Gasteiger partial charge in [-0.3, -0.25) is 0 Å². The number of hydrogen-bond donors (Lipinski definition) is 2. The van der Waals surface area contributed by atoms with Crippen molar-refractivity contribution < 1.29 is 9.84 Å². The van der Waals surface area contributed by atoms with Gasteiger partial charge in [-0.05, 0) is 24.7 Å². The van der Waals surface area contributed by atoms with Gasteiger partial charge in [0.25, 0.3) is 0 Å². The van der Waals surface area contributed by atoms with E-state index in [0.717, 1.165) is 23.5 Å². The van der Waals surface area contributed by atoms with Gasteiger partial charge in [0.2, 0.25) is 0 Å². The highest BCUT2D eigenvalue weighted by Crippen LogP contribution is 2.37. The summed E-state index contributed by atoms with van der Waals surface area (Å²) in [5.41, 5.74) is 2.20. The Bertz CT molecular complexity index is 603. The molecule has 2 aromatic rings. The maximum Gasteiger partial charge on any atom is 0.143 e. The molecule has 22 heavy (non-hydrogen) atoms. The molecular formula is C18H22N2O2. The van der Waals surface area contributed by atoms with Crippen LogP contribution in [0.5, 0.6) is 5.75 Å².